The van der Waals surface area contributed by atoms with Crippen LogP contribution in [0.5, 0.6) is 5.75 Å². The molecule has 0 radical (unpaired) electrons. The van der Waals surface area contributed by atoms with Crippen LogP contribution in [0.4, 0.5) is 8.78 Å². The molecule has 0 saturated heterocycles. The minimum atomic E-state index is -0.933. The minimum Gasteiger partial charge on any atom is -0.490 e. The van der Waals surface area contributed by atoms with Crippen molar-refractivity contribution < 1.29 is 23.0 Å². The molecule has 5 heteroatoms. The Balaban J connectivity index is 1.92. The van der Waals surface area contributed by atoms with Gasteiger partial charge in [-0.15, -0.1) is 0 Å². The Morgan fingerprint density at radius 2 is 1.50 bits per heavy atom. The summed E-state index contributed by atoms with van der Waals surface area (Å²) in [6.45, 7) is 4.41. The Kier molecular flexibility index (Phi) is 9.94. The summed E-state index contributed by atoms with van der Waals surface area (Å²) in [5, 5.41) is 0. The third-order valence-corrected chi connectivity index (χ3v) is 4.55. The molecule has 3 nitrogen and oxygen atoms in total. The maximum absolute atomic E-state index is 14.5. The molecule has 2 rings (SSSR count). The average molecular weight is 392 g/mol. The van der Waals surface area contributed by atoms with Crippen LogP contribution in [0.1, 0.15) is 38.2 Å². The first-order valence-electron chi connectivity index (χ1n) is 9.94. The summed E-state index contributed by atoms with van der Waals surface area (Å²) >= 11 is 0. The van der Waals surface area contributed by atoms with Gasteiger partial charge in [-0.2, -0.15) is 4.39 Å². The van der Waals surface area contributed by atoms with Gasteiger partial charge in [0.2, 0.25) is 5.82 Å². The molecule has 0 atom stereocenters. The molecule has 0 aliphatic rings. The number of halogens is 2. The molecule has 0 amide bonds. The molecule has 154 valence electrons. The number of ether oxygens (including phenoxy) is 3. The van der Waals surface area contributed by atoms with Crippen molar-refractivity contribution in [2.24, 2.45) is 0 Å². The van der Waals surface area contributed by atoms with Crippen LogP contribution in [-0.2, 0) is 15.9 Å². The van der Waals surface area contributed by atoms with Crippen molar-refractivity contribution in [3.63, 3.8) is 0 Å². The van der Waals surface area contributed by atoms with Gasteiger partial charge in [0.05, 0.1) is 13.2 Å². The monoisotopic (exact) mass is 392 g/mol. The van der Waals surface area contributed by atoms with Crippen molar-refractivity contribution in [2.45, 2.75) is 39.0 Å². The average Bonchev–Trinajstić information content (AvgIpc) is 2.71. The van der Waals surface area contributed by atoms with Gasteiger partial charge in [0.1, 0.15) is 0 Å². The molecule has 0 aromatic heterocycles. The lowest BCUT2D eigenvalue weighted by molar-refractivity contribution is 0.151. The van der Waals surface area contributed by atoms with Gasteiger partial charge in [-0.3, -0.25) is 0 Å². The van der Waals surface area contributed by atoms with E-state index in [2.05, 4.69) is 0 Å². The maximum atomic E-state index is 14.5. The summed E-state index contributed by atoms with van der Waals surface area (Å²) in [6, 6.07) is 10.5. The van der Waals surface area contributed by atoms with Gasteiger partial charge in [0.15, 0.2) is 11.6 Å². The molecule has 2 aromatic rings. The molecule has 28 heavy (non-hydrogen) atoms. The van der Waals surface area contributed by atoms with Crippen molar-refractivity contribution in [2.75, 3.05) is 33.5 Å². The standard InChI is InChI=1S/C23H30F2O3/c1-3-27-17-14-18-8-10-19(11-9-18)20-12-13-21(23(25)22(20)24)28-16-7-5-4-6-15-26-2/h8-13H,3-7,14-17H2,1-2H3. The third kappa shape index (κ3) is 6.88. The van der Waals surface area contributed by atoms with E-state index < -0.39 is 11.6 Å². The van der Waals surface area contributed by atoms with Gasteiger partial charge in [-0.05, 0) is 55.9 Å². The van der Waals surface area contributed by atoms with Crippen molar-refractivity contribution >= 4 is 0 Å². The first-order valence-corrected chi connectivity index (χ1v) is 9.94. The van der Waals surface area contributed by atoms with E-state index in [0.717, 1.165) is 44.3 Å². The number of methoxy groups -OCH3 is 1. The third-order valence-electron chi connectivity index (χ3n) is 4.55. The van der Waals surface area contributed by atoms with E-state index in [-0.39, 0.29) is 11.3 Å². The predicted molar refractivity (Wildman–Crippen MR) is 108 cm³/mol. The Hall–Kier alpha value is -1.98. The van der Waals surface area contributed by atoms with Crippen molar-refractivity contribution in [1.29, 1.82) is 0 Å². The molecule has 0 N–H and O–H groups in total. The molecule has 0 aliphatic carbocycles. The molecule has 0 aliphatic heterocycles. The number of benzene rings is 2. The van der Waals surface area contributed by atoms with E-state index >= 15 is 0 Å². The van der Waals surface area contributed by atoms with Crippen LogP contribution in [0.3, 0.4) is 0 Å². The summed E-state index contributed by atoms with van der Waals surface area (Å²) in [5.41, 5.74) is 1.98. The van der Waals surface area contributed by atoms with Crippen molar-refractivity contribution in [3.8, 4) is 16.9 Å². The zero-order chi connectivity index (χ0) is 20.2. The van der Waals surface area contributed by atoms with Crippen LogP contribution < -0.4 is 4.74 Å². The fraction of sp³-hybridized carbons (Fsp3) is 0.478. The van der Waals surface area contributed by atoms with E-state index in [1.165, 1.54) is 6.07 Å². The summed E-state index contributed by atoms with van der Waals surface area (Å²) in [6.07, 6.45) is 4.60. The highest BCUT2D eigenvalue weighted by molar-refractivity contribution is 5.65. The summed E-state index contributed by atoms with van der Waals surface area (Å²) in [7, 11) is 1.68. The Morgan fingerprint density at radius 3 is 2.18 bits per heavy atom. The Labute approximate surface area is 166 Å². The second kappa shape index (κ2) is 12.5. The van der Waals surface area contributed by atoms with Crippen LogP contribution in [0.2, 0.25) is 0 Å². The van der Waals surface area contributed by atoms with Crippen LogP contribution >= 0.6 is 0 Å². The van der Waals surface area contributed by atoms with Crippen LogP contribution in [0, 0.1) is 11.6 Å². The van der Waals surface area contributed by atoms with E-state index in [4.69, 9.17) is 14.2 Å². The molecule has 0 heterocycles. The van der Waals surface area contributed by atoms with Crippen LogP contribution in [0.15, 0.2) is 36.4 Å². The van der Waals surface area contributed by atoms with Gasteiger partial charge >= 0.3 is 0 Å². The second-order valence-corrected chi connectivity index (χ2v) is 6.64. The van der Waals surface area contributed by atoms with E-state index in [1.807, 2.05) is 19.1 Å². The SMILES string of the molecule is CCOCCc1ccc(-c2ccc(OCCCCCCOC)c(F)c2F)cc1. The normalized spacial score (nSPS) is 11.0. The highest BCUT2D eigenvalue weighted by Crippen LogP contribution is 2.30. The summed E-state index contributed by atoms with van der Waals surface area (Å²) in [4.78, 5) is 0. The lowest BCUT2D eigenvalue weighted by atomic mass is 10.0. The lowest BCUT2D eigenvalue weighted by Crippen LogP contribution is -2.02. The van der Waals surface area contributed by atoms with Gasteiger partial charge in [0.25, 0.3) is 0 Å². The van der Waals surface area contributed by atoms with Crippen LogP contribution in [0.25, 0.3) is 11.1 Å². The molecule has 0 unspecified atom stereocenters. The molecule has 0 spiro atoms. The Bertz CT molecular complexity index is 702. The molecule has 0 fully saturated rings. The number of unbranched alkanes of at least 4 members (excludes halogenated alkanes) is 3. The zero-order valence-electron chi connectivity index (χ0n) is 16.8. The molecular weight excluding hydrogens is 362 g/mol. The predicted octanol–water partition coefficient (Wildman–Crippen LogP) is 5.80. The van der Waals surface area contributed by atoms with Gasteiger partial charge < -0.3 is 14.2 Å². The van der Waals surface area contributed by atoms with Crippen molar-refractivity contribution in [1.82, 2.24) is 0 Å². The topological polar surface area (TPSA) is 27.7 Å². The number of rotatable bonds is 13. The molecular formula is C23H30F2O3. The molecule has 2 aromatic carbocycles. The minimum absolute atomic E-state index is 0.0357. The fourth-order valence-corrected chi connectivity index (χ4v) is 2.94. The van der Waals surface area contributed by atoms with E-state index in [0.29, 0.717) is 25.4 Å². The van der Waals surface area contributed by atoms with Crippen LogP contribution in [-0.4, -0.2) is 33.5 Å². The lowest BCUT2D eigenvalue weighted by Gasteiger charge is -2.11. The van der Waals surface area contributed by atoms with E-state index in [9.17, 15) is 8.78 Å². The van der Waals surface area contributed by atoms with Gasteiger partial charge in [-0.25, -0.2) is 4.39 Å². The summed E-state index contributed by atoms with van der Waals surface area (Å²) < 4.78 is 44.7. The van der Waals surface area contributed by atoms with Gasteiger partial charge in [0, 0.05) is 25.9 Å². The fourth-order valence-electron chi connectivity index (χ4n) is 2.94. The largest absolute Gasteiger partial charge is 0.490 e. The second-order valence-electron chi connectivity index (χ2n) is 6.64. The number of hydrogen-bond acceptors (Lipinski definition) is 3. The molecule has 0 saturated carbocycles. The molecule has 0 bridgehead atoms. The smallest absolute Gasteiger partial charge is 0.201 e. The first kappa shape index (κ1) is 22.3. The van der Waals surface area contributed by atoms with E-state index in [1.54, 1.807) is 25.3 Å². The highest BCUT2D eigenvalue weighted by Gasteiger charge is 2.15. The first-order chi connectivity index (χ1) is 13.7. The van der Waals surface area contributed by atoms with Crippen molar-refractivity contribution in [3.05, 3.63) is 53.6 Å². The quantitative estimate of drug-likeness (QED) is 0.404. The summed E-state index contributed by atoms with van der Waals surface area (Å²) in [5.74, 6) is -1.84. The highest BCUT2D eigenvalue weighted by atomic mass is 19.2. The maximum Gasteiger partial charge on any atom is 0.201 e. The van der Waals surface area contributed by atoms with Gasteiger partial charge in [-0.1, -0.05) is 30.7 Å². The zero-order valence-corrected chi connectivity index (χ0v) is 16.8. The Morgan fingerprint density at radius 1 is 0.786 bits per heavy atom. The number of hydrogen-bond donors (Lipinski definition) is 0.